The van der Waals surface area contributed by atoms with Crippen LogP contribution >= 0.6 is 12.4 Å². The summed E-state index contributed by atoms with van der Waals surface area (Å²) in [5.41, 5.74) is 9.71. The number of hydrogen-bond acceptors (Lipinski definition) is 9. The van der Waals surface area contributed by atoms with Crippen molar-refractivity contribution >= 4 is 24.7 Å². The molecule has 0 atom stereocenters. The average molecular weight is 560 g/mol. The molecule has 1 heterocycles. The van der Waals surface area contributed by atoms with E-state index in [0.29, 0.717) is 25.8 Å². The third-order valence-electron chi connectivity index (χ3n) is 2.81. The summed E-state index contributed by atoms with van der Waals surface area (Å²) in [7, 11) is 0. The topological polar surface area (TPSA) is 179 Å². The SMILES string of the molecule is C.C.C/C(C#N)=C\[O-].CC(C)(C)NN.CCC#N.CCOC=O.Cc1cnn(C(C)(C)C)c1N.Cl.[K+]. The largest absolute Gasteiger partial charge is 1.00 e. The van der Waals surface area contributed by atoms with Gasteiger partial charge in [0.2, 0.25) is 0 Å². The van der Waals surface area contributed by atoms with Gasteiger partial charge in [0.05, 0.1) is 30.5 Å². The second-order valence-electron chi connectivity index (χ2n) is 8.17. The Hall–Kier alpha value is -1.15. The average Bonchev–Trinajstić information content (AvgIpc) is 3.08. The van der Waals surface area contributed by atoms with Crippen molar-refractivity contribution in [2.45, 2.75) is 102 Å². The van der Waals surface area contributed by atoms with Crippen molar-refractivity contribution in [2.24, 2.45) is 5.84 Å². The van der Waals surface area contributed by atoms with Gasteiger partial charge in [0.25, 0.3) is 6.47 Å². The summed E-state index contributed by atoms with van der Waals surface area (Å²) in [6.07, 6.45) is 2.95. The number of nitrogens with one attached hydrogen (secondary N) is 1. The number of nitriles is 2. The van der Waals surface area contributed by atoms with Crippen LogP contribution in [0.3, 0.4) is 0 Å². The zero-order valence-electron chi connectivity index (χ0n) is 22.7. The molecule has 5 N–H and O–H groups in total. The summed E-state index contributed by atoms with van der Waals surface area (Å²) in [6.45, 7) is 20.2. The Kier molecular flexibility index (Phi) is 52.1. The number of nitrogens with zero attached hydrogens (tertiary/aromatic N) is 4. The van der Waals surface area contributed by atoms with Gasteiger partial charge in [-0.1, -0.05) is 21.8 Å². The fourth-order valence-corrected chi connectivity index (χ4v) is 1.07. The maximum Gasteiger partial charge on any atom is 1.00 e. The Balaban J connectivity index is -0.0000000465. The van der Waals surface area contributed by atoms with Gasteiger partial charge in [-0.15, -0.1) is 18.7 Å². The minimum atomic E-state index is -0.0155. The molecule has 12 heteroatoms. The first kappa shape index (κ1) is 55.4. The molecule has 1 rings (SSSR count). The van der Waals surface area contributed by atoms with Crippen LogP contribution < -0.4 is 73.5 Å². The minimum absolute atomic E-state index is 0. The van der Waals surface area contributed by atoms with Crippen LogP contribution in [0.2, 0.25) is 0 Å². The Morgan fingerprint density at radius 3 is 1.67 bits per heavy atom. The predicted octanol–water partition coefficient (Wildman–Crippen LogP) is 1.35. The Bertz CT molecular complexity index is 715. The monoisotopic (exact) mass is 559 g/mol. The molecule has 0 aromatic carbocycles. The van der Waals surface area contributed by atoms with Crippen LogP contribution in [-0.2, 0) is 15.1 Å². The number of hydrogen-bond donors (Lipinski definition) is 3. The van der Waals surface area contributed by atoms with Gasteiger partial charge in [0, 0.05) is 23.1 Å². The van der Waals surface area contributed by atoms with Crippen LogP contribution in [0.15, 0.2) is 18.0 Å². The summed E-state index contributed by atoms with van der Waals surface area (Å²) >= 11 is 0. The first-order valence-corrected chi connectivity index (χ1v) is 10.0. The maximum absolute atomic E-state index is 9.48. The number of rotatable bonds is 2. The van der Waals surface area contributed by atoms with Gasteiger partial charge < -0.3 is 15.6 Å². The predicted molar refractivity (Wildman–Crippen MR) is 147 cm³/mol. The van der Waals surface area contributed by atoms with Crippen molar-refractivity contribution in [3.8, 4) is 12.1 Å². The van der Waals surface area contributed by atoms with E-state index in [-0.39, 0.29) is 95.3 Å². The number of nitrogen functional groups attached to an aromatic ring is 1. The molecular formula is C24H51ClKN7O3. The van der Waals surface area contributed by atoms with Crippen LogP contribution in [0, 0.1) is 29.6 Å². The van der Waals surface area contributed by atoms with E-state index >= 15 is 0 Å². The van der Waals surface area contributed by atoms with Gasteiger partial charge >= 0.3 is 51.4 Å². The Morgan fingerprint density at radius 2 is 1.61 bits per heavy atom. The second kappa shape index (κ2) is 33.8. The van der Waals surface area contributed by atoms with Crippen LogP contribution in [0.1, 0.15) is 89.2 Å². The number of carbonyl (C=O) groups is 1. The molecule has 0 aliphatic rings. The fourth-order valence-electron chi connectivity index (χ4n) is 1.07. The van der Waals surface area contributed by atoms with Crippen LogP contribution in [0.25, 0.3) is 0 Å². The van der Waals surface area contributed by atoms with Crippen molar-refractivity contribution in [1.82, 2.24) is 15.2 Å². The molecule has 0 fully saturated rings. The molecule has 0 saturated heterocycles. The van der Waals surface area contributed by atoms with Crippen molar-refractivity contribution in [3.63, 3.8) is 0 Å². The summed E-state index contributed by atoms with van der Waals surface area (Å²) in [6, 6.07) is 3.59. The van der Waals surface area contributed by atoms with Crippen molar-refractivity contribution in [1.29, 1.82) is 10.5 Å². The number of anilines is 1. The summed E-state index contributed by atoms with van der Waals surface area (Å²) in [5.74, 6) is 5.82. The van der Waals surface area contributed by atoms with E-state index in [9.17, 15) is 9.90 Å². The van der Waals surface area contributed by atoms with E-state index < -0.39 is 0 Å². The zero-order valence-corrected chi connectivity index (χ0v) is 26.7. The molecule has 0 aliphatic heterocycles. The Labute approximate surface area is 269 Å². The molecule has 0 spiro atoms. The summed E-state index contributed by atoms with van der Waals surface area (Å²) in [4.78, 5) is 9.18. The number of aryl methyl sites for hydroxylation is 1. The number of ether oxygens (including phenoxy) is 1. The number of aromatic nitrogens is 2. The molecule has 0 radical (unpaired) electrons. The summed E-state index contributed by atoms with van der Waals surface area (Å²) in [5, 5.41) is 29.1. The number of hydrazine groups is 1. The molecule has 0 bridgehead atoms. The minimum Gasteiger partial charge on any atom is -0.877 e. The van der Waals surface area contributed by atoms with Gasteiger partial charge in [-0.25, -0.2) is 4.68 Å². The van der Waals surface area contributed by atoms with E-state index in [0.717, 1.165) is 11.4 Å². The molecule has 0 aliphatic carbocycles. The first-order chi connectivity index (χ1) is 14.6. The van der Waals surface area contributed by atoms with E-state index in [1.54, 1.807) is 19.2 Å². The fraction of sp³-hybridized carbons (Fsp3) is 0.667. The van der Waals surface area contributed by atoms with E-state index in [2.05, 4.69) is 36.0 Å². The molecule has 0 unspecified atom stereocenters. The van der Waals surface area contributed by atoms with Gasteiger partial charge in [0.1, 0.15) is 5.82 Å². The molecule has 1 aromatic heterocycles. The first-order valence-electron chi connectivity index (χ1n) is 10.0. The zero-order chi connectivity index (χ0) is 26.4. The van der Waals surface area contributed by atoms with Gasteiger partial charge in [-0.3, -0.25) is 16.1 Å². The third-order valence-corrected chi connectivity index (χ3v) is 2.81. The molecule has 0 amide bonds. The maximum atomic E-state index is 9.48. The van der Waals surface area contributed by atoms with Crippen LogP contribution in [0.5, 0.6) is 0 Å². The quantitative estimate of drug-likeness (QED) is 0.120. The molecule has 0 saturated carbocycles. The number of carbonyl (C=O) groups excluding carboxylic acids is 1. The van der Waals surface area contributed by atoms with Crippen LogP contribution in [-0.4, -0.2) is 28.4 Å². The summed E-state index contributed by atoms with van der Waals surface area (Å²) < 4.78 is 5.99. The third kappa shape index (κ3) is 43.0. The number of halogens is 1. The molecular weight excluding hydrogens is 509 g/mol. The number of allylic oxidation sites excluding steroid dienone is 1. The second-order valence-corrected chi connectivity index (χ2v) is 8.17. The van der Waals surface area contributed by atoms with Crippen LogP contribution in [0.4, 0.5) is 5.82 Å². The van der Waals surface area contributed by atoms with E-state index in [1.807, 2.05) is 45.4 Å². The van der Waals surface area contributed by atoms with Crippen molar-refractivity contribution < 1.29 is 66.0 Å². The molecule has 1 aromatic rings. The van der Waals surface area contributed by atoms with Gasteiger partial charge in [-0.2, -0.15) is 15.6 Å². The van der Waals surface area contributed by atoms with Gasteiger partial charge in [-0.05, 0) is 62.3 Å². The van der Waals surface area contributed by atoms with E-state index in [4.69, 9.17) is 22.1 Å². The van der Waals surface area contributed by atoms with Crippen molar-refractivity contribution in [2.75, 3.05) is 12.3 Å². The smallest absolute Gasteiger partial charge is 0.877 e. The Morgan fingerprint density at radius 1 is 1.22 bits per heavy atom. The molecule has 36 heavy (non-hydrogen) atoms. The van der Waals surface area contributed by atoms with Crippen molar-refractivity contribution in [3.05, 3.63) is 23.6 Å². The standard InChI is InChI=1S/C8H15N3.C4H12N2.C4H5NO.C3H5N.C3H6O2.2CH4.ClH.K/c1-6-5-10-11(7(6)9)8(2,3)4;1-4(2,3)6-5;1-4(2-5)3-6;1-2-3-4;1-2-5-3-4;;;;/h5H,9H2,1-4H3;6H,5H2,1-3H3;3,6H,1H3;2H2,1H3;3H,2H2,1H3;2*1H4;1H;/q;;;;;;;;+1/p-1/b;;4-3+;;;;;;. The van der Waals surface area contributed by atoms with E-state index in [1.165, 1.54) is 6.92 Å². The normalized spacial score (nSPS) is 8.86. The van der Waals surface area contributed by atoms with Gasteiger partial charge in [0.15, 0.2) is 0 Å². The molecule has 208 valence electrons. The number of nitrogens with two attached hydrogens (primary N) is 2. The molecule has 10 nitrogen and oxygen atoms in total.